The lowest BCUT2D eigenvalue weighted by atomic mass is 9.98. The van der Waals surface area contributed by atoms with Crippen LogP contribution >= 0.6 is 23.1 Å². The molecule has 0 aliphatic carbocycles. The molecule has 9 heteroatoms. The zero-order chi connectivity index (χ0) is 20.5. The van der Waals surface area contributed by atoms with Crippen LogP contribution in [-0.2, 0) is 11.8 Å². The van der Waals surface area contributed by atoms with E-state index in [0.29, 0.717) is 5.13 Å². The first-order valence-electron chi connectivity index (χ1n) is 9.01. The summed E-state index contributed by atoms with van der Waals surface area (Å²) in [7, 11) is 1.83. The van der Waals surface area contributed by atoms with Crippen LogP contribution in [0.5, 0.6) is 0 Å². The van der Waals surface area contributed by atoms with Gasteiger partial charge in [0.2, 0.25) is 5.91 Å². The summed E-state index contributed by atoms with van der Waals surface area (Å²) in [5.41, 5.74) is 6.37. The summed E-state index contributed by atoms with van der Waals surface area (Å²) in [5, 5.41) is 11.2. The Morgan fingerprint density at radius 1 is 1.21 bits per heavy atom. The van der Waals surface area contributed by atoms with E-state index in [0.717, 1.165) is 27.3 Å². The Labute approximate surface area is 176 Å². The Bertz CT molecular complexity index is 1190. The fourth-order valence-electron chi connectivity index (χ4n) is 3.37. The smallest absolute Gasteiger partial charge is 0.236 e. The molecule has 4 rings (SSSR count). The third kappa shape index (κ3) is 4.01. The van der Waals surface area contributed by atoms with Gasteiger partial charge in [-0.3, -0.25) is 9.48 Å². The van der Waals surface area contributed by atoms with Crippen molar-refractivity contribution in [3.63, 3.8) is 0 Å². The molecule has 0 aliphatic heterocycles. The highest BCUT2D eigenvalue weighted by atomic mass is 32.2. The fourth-order valence-corrected chi connectivity index (χ4v) is 4.85. The number of hydrogen-bond acceptors (Lipinski definition) is 7. The van der Waals surface area contributed by atoms with Crippen LogP contribution in [0.1, 0.15) is 16.7 Å². The number of thioether (sulfide) groups is 1. The second kappa shape index (κ2) is 7.92. The summed E-state index contributed by atoms with van der Waals surface area (Å²) in [6, 6.07) is 4.30. The predicted octanol–water partition coefficient (Wildman–Crippen LogP) is 4.14. The molecule has 4 aromatic rings. The van der Waals surface area contributed by atoms with Gasteiger partial charge in [0.1, 0.15) is 11.4 Å². The molecule has 148 valence electrons. The lowest BCUT2D eigenvalue weighted by Crippen LogP contribution is -2.14. The molecule has 0 fully saturated rings. The third-order valence-corrected chi connectivity index (χ3v) is 6.28. The number of carbonyl (C=O) groups excluding carboxylic acids is 1. The zero-order valence-electron chi connectivity index (χ0n) is 16.6. The normalized spacial score (nSPS) is 11.2. The molecule has 3 aromatic heterocycles. The maximum atomic E-state index is 12.4. The van der Waals surface area contributed by atoms with Crippen LogP contribution in [0.3, 0.4) is 0 Å². The first kappa shape index (κ1) is 19.5. The number of aryl methyl sites for hydroxylation is 4. The van der Waals surface area contributed by atoms with Gasteiger partial charge in [-0.05, 0) is 31.9 Å². The number of fused-ring (bicyclic) bond motifs is 1. The van der Waals surface area contributed by atoms with Crippen LogP contribution < -0.4 is 5.32 Å². The summed E-state index contributed by atoms with van der Waals surface area (Å²) in [4.78, 5) is 25.5. The van der Waals surface area contributed by atoms with E-state index in [1.807, 2.05) is 12.4 Å². The number of nitrogens with one attached hydrogen (secondary N) is 1. The van der Waals surface area contributed by atoms with Gasteiger partial charge >= 0.3 is 0 Å². The van der Waals surface area contributed by atoms with Crippen molar-refractivity contribution in [3.05, 3.63) is 46.7 Å². The summed E-state index contributed by atoms with van der Waals surface area (Å²) in [6.45, 7) is 6.26. The minimum atomic E-state index is -0.121. The number of amides is 1. The van der Waals surface area contributed by atoms with Gasteiger partial charge in [0.05, 0.1) is 23.0 Å². The van der Waals surface area contributed by atoms with E-state index < -0.39 is 0 Å². The van der Waals surface area contributed by atoms with Crippen LogP contribution in [0.2, 0.25) is 0 Å². The van der Waals surface area contributed by atoms with Crippen LogP contribution in [-0.4, -0.2) is 36.4 Å². The summed E-state index contributed by atoms with van der Waals surface area (Å²) >= 11 is 2.79. The average Bonchev–Trinajstić information content (AvgIpc) is 3.27. The standard InChI is InChI=1S/C20H20N6OS2/c1-11-5-12(2)17(13(3)6-11)15-8-29-20(24-15)25-16(27)9-28-19-14-7-23-26(4)18(14)21-10-22-19/h5-8,10H,9H2,1-4H3,(H,24,25,27). The average molecular weight is 425 g/mol. The van der Waals surface area contributed by atoms with Gasteiger partial charge in [-0.1, -0.05) is 29.5 Å². The molecule has 3 heterocycles. The van der Waals surface area contributed by atoms with Gasteiger partial charge in [-0.2, -0.15) is 5.10 Å². The van der Waals surface area contributed by atoms with Crippen molar-refractivity contribution in [3.8, 4) is 11.3 Å². The molecule has 0 saturated heterocycles. The first-order chi connectivity index (χ1) is 13.9. The fraction of sp³-hybridized carbons (Fsp3) is 0.250. The molecule has 0 saturated carbocycles. The lowest BCUT2D eigenvalue weighted by molar-refractivity contribution is -0.113. The van der Waals surface area contributed by atoms with Crippen LogP contribution in [0.25, 0.3) is 22.3 Å². The number of thiazole rings is 1. The first-order valence-corrected chi connectivity index (χ1v) is 10.9. The van der Waals surface area contributed by atoms with E-state index in [2.05, 4.69) is 58.3 Å². The monoisotopic (exact) mass is 424 g/mol. The molecule has 0 unspecified atom stereocenters. The summed E-state index contributed by atoms with van der Waals surface area (Å²) in [5.74, 6) is 0.113. The summed E-state index contributed by atoms with van der Waals surface area (Å²) in [6.07, 6.45) is 3.21. The van der Waals surface area contributed by atoms with Gasteiger partial charge in [-0.15, -0.1) is 11.3 Å². The molecule has 0 bridgehead atoms. The van der Waals surface area contributed by atoms with E-state index in [4.69, 9.17) is 0 Å². The zero-order valence-corrected chi connectivity index (χ0v) is 18.2. The Hall–Kier alpha value is -2.78. The number of benzene rings is 1. The van der Waals surface area contributed by atoms with Gasteiger partial charge in [0, 0.05) is 18.0 Å². The van der Waals surface area contributed by atoms with E-state index in [1.54, 1.807) is 10.9 Å². The molecule has 0 aliphatic rings. The molecule has 0 spiro atoms. The van der Waals surface area contributed by atoms with Crippen LogP contribution in [0.4, 0.5) is 5.13 Å². The Morgan fingerprint density at radius 2 is 1.97 bits per heavy atom. The van der Waals surface area contributed by atoms with Crippen molar-refractivity contribution in [1.29, 1.82) is 0 Å². The maximum Gasteiger partial charge on any atom is 0.236 e. The number of hydrogen-bond donors (Lipinski definition) is 1. The van der Waals surface area contributed by atoms with Crippen LogP contribution in [0, 0.1) is 20.8 Å². The van der Waals surface area contributed by atoms with E-state index in [-0.39, 0.29) is 11.7 Å². The SMILES string of the molecule is Cc1cc(C)c(-c2csc(NC(=O)CSc3ncnc4c3cnn4C)n2)c(C)c1. The minimum absolute atomic E-state index is 0.121. The molecule has 1 amide bonds. The van der Waals surface area contributed by atoms with Gasteiger partial charge in [0.15, 0.2) is 10.8 Å². The Morgan fingerprint density at radius 3 is 2.72 bits per heavy atom. The van der Waals surface area contributed by atoms with Crippen molar-refractivity contribution in [2.24, 2.45) is 7.05 Å². The number of anilines is 1. The molecule has 1 aromatic carbocycles. The number of rotatable bonds is 5. The quantitative estimate of drug-likeness (QED) is 0.383. The second-order valence-corrected chi connectivity index (χ2v) is 8.65. The van der Waals surface area contributed by atoms with Gasteiger partial charge in [-0.25, -0.2) is 15.0 Å². The van der Waals surface area contributed by atoms with E-state index in [1.165, 1.54) is 46.1 Å². The molecule has 0 radical (unpaired) electrons. The molecule has 0 atom stereocenters. The minimum Gasteiger partial charge on any atom is -0.301 e. The number of carbonyl (C=O) groups is 1. The highest BCUT2D eigenvalue weighted by molar-refractivity contribution is 8.00. The van der Waals surface area contributed by atoms with Crippen LogP contribution in [0.15, 0.2) is 35.1 Å². The topological polar surface area (TPSA) is 85.6 Å². The Balaban J connectivity index is 1.45. The van der Waals surface area contributed by atoms with Crippen molar-refractivity contribution in [1.82, 2.24) is 24.7 Å². The molecule has 29 heavy (non-hydrogen) atoms. The van der Waals surface area contributed by atoms with Crippen molar-refractivity contribution >= 4 is 45.2 Å². The van der Waals surface area contributed by atoms with Crippen molar-refractivity contribution in [2.45, 2.75) is 25.8 Å². The highest BCUT2D eigenvalue weighted by Gasteiger charge is 2.14. The van der Waals surface area contributed by atoms with Crippen molar-refractivity contribution < 1.29 is 4.79 Å². The summed E-state index contributed by atoms with van der Waals surface area (Å²) < 4.78 is 1.69. The molecule has 7 nitrogen and oxygen atoms in total. The largest absolute Gasteiger partial charge is 0.301 e. The van der Waals surface area contributed by atoms with Gasteiger partial charge in [0.25, 0.3) is 0 Å². The number of nitrogens with zero attached hydrogens (tertiary/aromatic N) is 5. The lowest BCUT2D eigenvalue weighted by Gasteiger charge is -2.08. The van der Waals surface area contributed by atoms with E-state index in [9.17, 15) is 4.79 Å². The molecule has 1 N–H and O–H groups in total. The van der Waals surface area contributed by atoms with Gasteiger partial charge < -0.3 is 5.32 Å². The molecular weight excluding hydrogens is 404 g/mol. The Kier molecular flexibility index (Phi) is 5.33. The molecular formula is C20H20N6OS2. The van der Waals surface area contributed by atoms with Crippen molar-refractivity contribution in [2.75, 3.05) is 11.1 Å². The predicted molar refractivity (Wildman–Crippen MR) is 117 cm³/mol. The second-order valence-electron chi connectivity index (χ2n) is 6.83. The maximum absolute atomic E-state index is 12.4. The highest BCUT2D eigenvalue weighted by Crippen LogP contribution is 2.31. The third-order valence-electron chi connectivity index (χ3n) is 4.52. The van der Waals surface area contributed by atoms with E-state index >= 15 is 0 Å². The number of aromatic nitrogens is 5.